The first-order chi connectivity index (χ1) is 8.47. The van der Waals surface area contributed by atoms with Crippen molar-refractivity contribution >= 4 is 23.1 Å². The monoisotopic (exact) mass is 268 g/mol. The number of aromatic amines is 1. The van der Waals surface area contributed by atoms with Crippen LogP contribution in [0.25, 0.3) is 0 Å². The van der Waals surface area contributed by atoms with Crippen molar-refractivity contribution in [3.8, 4) is 0 Å². The van der Waals surface area contributed by atoms with Crippen LogP contribution >= 0.6 is 12.2 Å². The van der Waals surface area contributed by atoms with Gasteiger partial charge in [0.15, 0.2) is 0 Å². The Balaban J connectivity index is 2.83. The third-order valence-electron chi connectivity index (χ3n) is 3.48. The Morgan fingerprint density at radius 3 is 2.61 bits per heavy atom. The lowest BCUT2D eigenvalue weighted by Gasteiger charge is -2.30. The number of nitrogens with two attached hydrogens (primary N) is 1. The standard InChI is InChI=1S/C12H20N4OS/c1-4-12(5-2,10(13)18)11(17)16-8(3)9-6-14-15-7-9/h6-8H,4-5H2,1-3H3,(H2,13,18)(H,14,15)(H,16,17). The number of hydrogen-bond acceptors (Lipinski definition) is 3. The van der Waals surface area contributed by atoms with E-state index in [1.54, 1.807) is 12.4 Å². The van der Waals surface area contributed by atoms with Crippen LogP contribution < -0.4 is 11.1 Å². The van der Waals surface area contributed by atoms with E-state index in [0.29, 0.717) is 12.8 Å². The SMILES string of the molecule is CCC(CC)(C(=O)NC(C)c1cn[nH]c1)C(N)=S. The lowest BCUT2D eigenvalue weighted by Crippen LogP contribution is -2.48. The number of carbonyl (C=O) groups excluding carboxylic acids is 1. The number of nitrogens with zero attached hydrogens (tertiary/aromatic N) is 1. The summed E-state index contributed by atoms with van der Waals surface area (Å²) < 4.78 is 0. The smallest absolute Gasteiger partial charge is 0.233 e. The molecule has 1 amide bonds. The van der Waals surface area contributed by atoms with Gasteiger partial charge >= 0.3 is 0 Å². The topological polar surface area (TPSA) is 83.8 Å². The third-order valence-corrected chi connectivity index (χ3v) is 3.87. The van der Waals surface area contributed by atoms with Crippen LogP contribution in [0.3, 0.4) is 0 Å². The minimum atomic E-state index is -0.757. The number of H-pyrrole nitrogens is 1. The van der Waals surface area contributed by atoms with Crippen molar-refractivity contribution in [2.45, 2.75) is 39.7 Å². The van der Waals surface area contributed by atoms with E-state index in [1.807, 2.05) is 20.8 Å². The normalized spacial score (nSPS) is 13.1. The molecular weight excluding hydrogens is 248 g/mol. The van der Waals surface area contributed by atoms with E-state index in [-0.39, 0.29) is 16.9 Å². The second-order valence-electron chi connectivity index (χ2n) is 4.38. The molecule has 1 aromatic rings. The minimum absolute atomic E-state index is 0.117. The summed E-state index contributed by atoms with van der Waals surface area (Å²) in [6.45, 7) is 5.74. The van der Waals surface area contributed by atoms with E-state index >= 15 is 0 Å². The van der Waals surface area contributed by atoms with Crippen molar-refractivity contribution in [3.05, 3.63) is 18.0 Å². The van der Waals surface area contributed by atoms with Crippen molar-refractivity contribution in [1.29, 1.82) is 0 Å². The molecule has 0 saturated carbocycles. The molecule has 0 saturated heterocycles. The summed E-state index contributed by atoms with van der Waals surface area (Å²) in [6.07, 6.45) is 4.64. The van der Waals surface area contributed by atoms with Crippen LogP contribution in [0.15, 0.2) is 12.4 Å². The van der Waals surface area contributed by atoms with E-state index < -0.39 is 5.41 Å². The fraction of sp³-hybridized carbons (Fsp3) is 0.583. The second kappa shape index (κ2) is 5.95. The summed E-state index contributed by atoms with van der Waals surface area (Å²) in [4.78, 5) is 12.6. The fourth-order valence-electron chi connectivity index (χ4n) is 1.95. The molecule has 0 fully saturated rings. The molecule has 6 heteroatoms. The number of rotatable bonds is 6. The molecule has 0 aliphatic rings. The van der Waals surface area contributed by atoms with Crippen molar-refractivity contribution in [1.82, 2.24) is 15.5 Å². The Labute approximate surface area is 113 Å². The van der Waals surface area contributed by atoms with Gasteiger partial charge in [0.25, 0.3) is 0 Å². The first-order valence-corrected chi connectivity index (χ1v) is 6.48. The predicted molar refractivity (Wildman–Crippen MR) is 74.9 cm³/mol. The highest BCUT2D eigenvalue weighted by molar-refractivity contribution is 7.80. The van der Waals surface area contributed by atoms with Crippen LogP contribution in [-0.2, 0) is 4.79 Å². The van der Waals surface area contributed by atoms with Gasteiger partial charge in [-0.2, -0.15) is 5.10 Å². The largest absolute Gasteiger partial charge is 0.392 e. The molecule has 18 heavy (non-hydrogen) atoms. The number of amides is 1. The quantitative estimate of drug-likeness (QED) is 0.685. The molecule has 0 aliphatic heterocycles. The Bertz CT molecular complexity index is 412. The molecule has 0 spiro atoms. The summed E-state index contributed by atoms with van der Waals surface area (Å²) in [5.74, 6) is -0.117. The zero-order valence-electron chi connectivity index (χ0n) is 11.0. The first-order valence-electron chi connectivity index (χ1n) is 6.07. The molecule has 4 N–H and O–H groups in total. The molecule has 0 bridgehead atoms. The highest BCUT2D eigenvalue weighted by Gasteiger charge is 2.38. The highest BCUT2D eigenvalue weighted by Crippen LogP contribution is 2.28. The predicted octanol–water partition coefficient (Wildman–Crippen LogP) is 1.68. The summed E-state index contributed by atoms with van der Waals surface area (Å²) in [5.41, 5.74) is 5.91. The van der Waals surface area contributed by atoms with Crippen LogP contribution in [0.5, 0.6) is 0 Å². The van der Waals surface area contributed by atoms with E-state index in [2.05, 4.69) is 15.5 Å². The molecule has 0 radical (unpaired) electrons. The summed E-state index contributed by atoms with van der Waals surface area (Å²) in [5, 5.41) is 9.52. The van der Waals surface area contributed by atoms with Crippen LogP contribution in [0.2, 0.25) is 0 Å². The number of hydrogen-bond donors (Lipinski definition) is 3. The number of aromatic nitrogens is 2. The molecule has 100 valence electrons. The molecule has 1 heterocycles. The Morgan fingerprint density at radius 2 is 2.22 bits per heavy atom. The van der Waals surface area contributed by atoms with Crippen LogP contribution in [0, 0.1) is 5.41 Å². The molecule has 1 unspecified atom stereocenters. The molecular formula is C12H20N4OS. The van der Waals surface area contributed by atoms with E-state index in [0.717, 1.165) is 5.56 Å². The average Bonchev–Trinajstić information content (AvgIpc) is 2.84. The zero-order chi connectivity index (χ0) is 13.8. The molecule has 0 aromatic carbocycles. The second-order valence-corrected chi connectivity index (χ2v) is 4.82. The van der Waals surface area contributed by atoms with Gasteiger partial charge in [0, 0.05) is 11.8 Å². The summed E-state index contributed by atoms with van der Waals surface area (Å²) >= 11 is 5.06. The molecule has 0 aliphatic carbocycles. The minimum Gasteiger partial charge on any atom is -0.392 e. The van der Waals surface area contributed by atoms with Crippen LogP contribution in [0.1, 0.15) is 45.2 Å². The van der Waals surface area contributed by atoms with Crippen molar-refractivity contribution in [3.63, 3.8) is 0 Å². The van der Waals surface area contributed by atoms with Gasteiger partial charge in [0.1, 0.15) is 0 Å². The number of nitrogens with one attached hydrogen (secondary N) is 2. The van der Waals surface area contributed by atoms with Gasteiger partial charge in [-0.25, -0.2) is 0 Å². The van der Waals surface area contributed by atoms with Gasteiger partial charge in [-0.05, 0) is 19.8 Å². The zero-order valence-corrected chi connectivity index (χ0v) is 11.8. The van der Waals surface area contributed by atoms with Gasteiger partial charge in [-0.3, -0.25) is 9.89 Å². The molecule has 1 rings (SSSR count). The summed E-state index contributed by atoms with van der Waals surface area (Å²) in [6, 6.07) is -0.122. The van der Waals surface area contributed by atoms with Gasteiger partial charge in [0.05, 0.1) is 22.6 Å². The third kappa shape index (κ3) is 2.69. The molecule has 5 nitrogen and oxygen atoms in total. The molecule has 1 atom stereocenters. The first kappa shape index (κ1) is 14.6. The lowest BCUT2D eigenvalue weighted by atomic mass is 9.81. The Kier molecular flexibility index (Phi) is 4.84. The van der Waals surface area contributed by atoms with Gasteiger partial charge in [-0.15, -0.1) is 0 Å². The van der Waals surface area contributed by atoms with E-state index in [1.165, 1.54) is 0 Å². The maximum absolute atomic E-state index is 12.4. The van der Waals surface area contributed by atoms with Crippen LogP contribution in [0.4, 0.5) is 0 Å². The van der Waals surface area contributed by atoms with Gasteiger partial charge in [-0.1, -0.05) is 26.1 Å². The number of thiocarbonyl (C=S) groups is 1. The van der Waals surface area contributed by atoms with Crippen molar-refractivity contribution in [2.75, 3.05) is 0 Å². The highest BCUT2D eigenvalue weighted by atomic mass is 32.1. The van der Waals surface area contributed by atoms with Gasteiger partial charge in [0.2, 0.25) is 5.91 Å². The molecule has 1 aromatic heterocycles. The fourth-order valence-corrected chi connectivity index (χ4v) is 2.33. The van der Waals surface area contributed by atoms with Crippen molar-refractivity contribution < 1.29 is 4.79 Å². The average molecular weight is 268 g/mol. The van der Waals surface area contributed by atoms with Crippen molar-refractivity contribution in [2.24, 2.45) is 11.1 Å². The maximum Gasteiger partial charge on any atom is 0.233 e. The Hall–Kier alpha value is -1.43. The Morgan fingerprint density at radius 1 is 1.61 bits per heavy atom. The van der Waals surface area contributed by atoms with Gasteiger partial charge < -0.3 is 11.1 Å². The maximum atomic E-state index is 12.4. The van der Waals surface area contributed by atoms with E-state index in [9.17, 15) is 4.79 Å². The summed E-state index contributed by atoms with van der Waals surface area (Å²) in [7, 11) is 0. The lowest BCUT2D eigenvalue weighted by molar-refractivity contribution is -0.128. The van der Waals surface area contributed by atoms with Crippen LogP contribution in [-0.4, -0.2) is 21.1 Å². The number of carbonyl (C=O) groups is 1. The van der Waals surface area contributed by atoms with E-state index in [4.69, 9.17) is 18.0 Å².